The van der Waals surface area contributed by atoms with Gasteiger partial charge < -0.3 is 15.4 Å². The van der Waals surface area contributed by atoms with Gasteiger partial charge in [0, 0.05) is 0 Å². The summed E-state index contributed by atoms with van der Waals surface area (Å²) >= 11 is 0. The summed E-state index contributed by atoms with van der Waals surface area (Å²) in [6.45, 7) is 5.40. The summed E-state index contributed by atoms with van der Waals surface area (Å²) < 4.78 is 5.42. The Morgan fingerprint density at radius 3 is 2.58 bits per heavy atom. The minimum atomic E-state index is 1.01. The topological polar surface area (TPSA) is 33.3 Å². The molecular formula is C16H28N2O. The molecule has 1 aromatic rings. The van der Waals surface area contributed by atoms with Gasteiger partial charge in [-0.25, -0.2) is 0 Å². The van der Waals surface area contributed by atoms with Crippen LogP contribution in [0.5, 0.6) is 5.75 Å². The van der Waals surface area contributed by atoms with E-state index in [0.717, 1.165) is 38.2 Å². The van der Waals surface area contributed by atoms with Crippen molar-refractivity contribution in [3.8, 4) is 5.75 Å². The second-order valence-corrected chi connectivity index (χ2v) is 4.81. The molecule has 108 valence electrons. The second kappa shape index (κ2) is 9.82. The lowest BCUT2D eigenvalue weighted by atomic mass is 10.1. The van der Waals surface area contributed by atoms with Crippen molar-refractivity contribution in [2.75, 3.05) is 33.8 Å². The zero-order valence-electron chi connectivity index (χ0n) is 12.6. The van der Waals surface area contributed by atoms with Gasteiger partial charge in [0.15, 0.2) is 0 Å². The van der Waals surface area contributed by atoms with E-state index in [4.69, 9.17) is 4.74 Å². The van der Waals surface area contributed by atoms with Gasteiger partial charge in [-0.15, -0.1) is 0 Å². The molecule has 0 saturated carbocycles. The number of rotatable bonds is 10. The van der Waals surface area contributed by atoms with Crippen LogP contribution in [0.3, 0.4) is 0 Å². The second-order valence-electron chi connectivity index (χ2n) is 4.81. The van der Waals surface area contributed by atoms with Crippen LogP contribution in [0.4, 0.5) is 0 Å². The first-order valence-electron chi connectivity index (χ1n) is 7.33. The van der Waals surface area contributed by atoms with Gasteiger partial charge in [-0.2, -0.15) is 0 Å². The molecule has 0 bridgehead atoms. The number of hydrogen-bond donors (Lipinski definition) is 2. The molecule has 1 rings (SSSR count). The van der Waals surface area contributed by atoms with E-state index in [1.165, 1.54) is 24.0 Å². The Hall–Kier alpha value is -1.06. The lowest BCUT2D eigenvalue weighted by molar-refractivity contribution is 0.409. The molecule has 1 aromatic carbocycles. The fraction of sp³-hybridized carbons (Fsp3) is 0.625. The van der Waals surface area contributed by atoms with Crippen molar-refractivity contribution in [2.24, 2.45) is 0 Å². The summed E-state index contributed by atoms with van der Waals surface area (Å²) in [5.41, 5.74) is 2.69. The summed E-state index contributed by atoms with van der Waals surface area (Å²) in [5, 5.41) is 6.67. The number of aryl methyl sites for hydroxylation is 1. The maximum atomic E-state index is 5.42. The third kappa shape index (κ3) is 6.08. The van der Waals surface area contributed by atoms with Crippen molar-refractivity contribution in [1.82, 2.24) is 10.6 Å². The first-order valence-corrected chi connectivity index (χ1v) is 7.33. The first-order chi connectivity index (χ1) is 9.31. The van der Waals surface area contributed by atoms with Crippen LogP contribution in [0.25, 0.3) is 0 Å². The molecule has 0 amide bonds. The molecule has 3 nitrogen and oxygen atoms in total. The van der Waals surface area contributed by atoms with Gasteiger partial charge >= 0.3 is 0 Å². The Morgan fingerprint density at radius 2 is 1.89 bits per heavy atom. The van der Waals surface area contributed by atoms with E-state index in [0.29, 0.717) is 0 Å². The lowest BCUT2D eigenvalue weighted by Gasteiger charge is -2.11. The minimum absolute atomic E-state index is 1.01. The Morgan fingerprint density at radius 1 is 1.11 bits per heavy atom. The van der Waals surface area contributed by atoms with Gasteiger partial charge in [-0.05, 0) is 69.6 Å². The molecule has 0 spiro atoms. The Kier molecular flexibility index (Phi) is 8.26. The maximum Gasteiger partial charge on any atom is 0.122 e. The Labute approximate surface area is 117 Å². The van der Waals surface area contributed by atoms with Gasteiger partial charge in [0.2, 0.25) is 0 Å². The summed E-state index contributed by atoms with van der Waals surface area (Å²) in [4.78, 5) is 0. The van der Waals surface area contributed by atoms with E-state index in [-0.39, 0.29) is 0 Å². The maximum absolute atomic E-state index is 5.42. The molecule has 0 radical (unpaired) electrons. The molecule has 0 aliphatic rings. The number of unbranched alkanes of at least 4 members (excludes halogenated alkanes) is 1. The molecule has 19 heavy (non-hydrogen) atoms. The number of methoxy groups -OCH3 is 1. The van der Waals surface area contributed by atoms with Crippen LogP contribution in [0.2, 0.25) is 0 Å². The minimum Gasteiger partial charge on any atom is -0.496 e. The third-order valence-corrected chi connectivity index (χ3v) is 3.35. The van der Waals surface area contributed by atoms with Crippen molar-refractivity contribution < 1.29 is 4.74 Å². The van der Waals surface area contributed by atoms with Crippen molar-refractivity contribution >= 4 is 0 Å². The summed E-state index contributed by atoms with van der Waals surface area (Å²) in [5.74, 6) is 1.01. The van der Waals surface area contributed by atoms with Crippen LogP contribution in [0.15, 0.2) is 18.2 Å². The van der Waals surface area contributed by atoms with Crippen LogP contribution in [0.1, 0.15) is 30.9 Å². The summed E-state index contributed by atoms with van der Waals surface area (Å²) in [6.07, 6.45) is 4.57. The van der Waals surface area contributed by atoms with E-state index < -0.39 is 0 Å². The smallest absolute Gasteiger partial charge is 0.122 e. The molecule has 3 heteroatoms. The standard InChI is InChI=1S/C16H28N2O/c1-4-14-7-8-16(19-3)15(13-14)9-12-18-11-6-5-10-17-2/h7-8,13,17-18H,4-6,9-12H2,1-3H3. The number of ether oxygens (including phenoxy) is 1. The van der Waals surface area contributed by atoms with Gasteiger partial charge in [0.25, 0.3) is 0 Å². The van der Waals surface area contributed by atoms with Crippen molar-refractivity contribution in [2.45, 2.75) is 32.6 Å². The van der Waals surface area contributed by atoms with Crippen LogP contribution >= 0.6 is 0 Å². The van der Waals surface area contributed by atoms with Crippen molar-refractivity contribution in [1.29, 1.82) is 0 Å². The van der Waals surface area contributed by atoms with Gasteiger partial charge in [-0.1, -0.05) is 19.1 Å². The molecule has 2 N–H and O–H groups in total. The van der Waals surface area contributed by atoms with E-state index in [9.17, 15) is 0 Å². The van der Waals surface area contributed by atoms with E-state index >= 15 is 0 Å². The van der Waals surface area contributed by atoms with E-state index in [1.807, 2.05) is 7.05 Å². The summed E-state index contributed by atoms with van der Waals surface area (Å²) in [6, 6.07) is 6.50. The molecule has 0 atom stereocenters. The molecular weight excluding hydrogens is 236 g/mol. The highest BCUT2D eigenvalue weighted by Gasteiger charge is 2.03. The molecule has 0 aromatic heterocycles. The molecule has 0 unspecified atom stereocenters. The fourth-order valence-electron chi connectivity index (χ4n) is 2.15. The highest BCUT2D eigenvalue weighted by atomic mass is 16.5. The Balaban J connectivity index is 2.31. The van der Waals surface area contributed by atoms with Crippen LogP contribution < -0.4 is 15.4 Å². The normalized spacial score (nSPS) is 10.7. The largest absolute Gasteiger partial charge is 0.496 e. The van der Waals surface area contributed by atoms with Crippen molar-refractivity contribution in [3.05, 3.63) is 29.3 Å². The zero-order chi connectivity index (χ0) is 13.9. The van der Waals surface area contributed by atoms with Crippen LogP contribution in [0, 0.1) is 0 Å². The highest BCUT2D eigenvalue weighted by molar-refractivity contribution is 5.37. The highest BCUT2D eigenvalue weighted by Crippen LogP contribution is 2.20. The molecule has 0 fully saturated rings. The number of hydrogen-bond acceptors (Lipinski definition) is 3. The van der Waals surface area contributed by atoms with Gasteiger partial charge in [0.1, 0.15) is 5.75 Å². The molecule has 0 heterocycles. The number of nitrogens with one attached hydrogen (secondary N) is 2. The number of benzene rings is 1. The summed E-state index contributed by atoms with van der Waals surface area (Å²) in [7, 11) is 3.75. The molecule has 0 aliphatic carbocycles. The monoisotopic (exact) mass is 264 g/mol. The third-order valence-electron chi connectivity index (χ3n) is 3.35. The average molecular weight is 264 g/mol. The van der Waals surface area contributed by atoms with E-state index in [2.05, 4.69) is 35.8 Å². The first kappa shape index (κ1) is 16.0. The average Bonchev–Trinajstić information content (AvgIpc) is 2.46. The van der Waals surface area contributed by atoms with Crippen molar-refractivity contribution in [3.63, 3.8) is 0 Å². The van der Waals surface area contributed by atoms with Gasteiger partial charge in [-0.3, -0.25) is 0 Å². The van der Waals surface area contributed by atoms with Crippen LogP contribution in [-0.2, 0) is 12.8 Å². The van der Waals surface area contributed by atoms with E-state index in [1.54, 1.807) is 7.11 Å². The quantitative estimate of drug-likeness (QED) is 0.637. The molecule has 0 saturated heterocycles. The van der Waals surface area contributed by atoms with Crippen LogP contribution in [-0.4, -0.2) is 33.8 Å². The fourth-order valence-corrected chi connectivity index (χ4v) is 2.15. The Bertz CT molecular complexity index is 353. The zero-order valence-corrected chi connectivity index (χ0v) is 12.6. The lowest BCUT2D eigenvalue weighted by Crippen LogP contribution is -2.20. The SMILES string of the molecule is CCc1ccc(OC)c(CCNCCCCNC)c1. The molecule has 0 aliphatic heterocycles. The predicted molar refractivity (Wildman–Crippen MR) is 82.1 cm³/mol. The predicted octanol–water partition coefficient (Wildman–Crippen LogP) is 2.39. The van der Waals surface area contributed by atoms with Gasteiger partial charge in [0.05, 0.1) is 7.11 Å².